The number of nitrogen functional groups attached to an aromatic ring is 1. The largest absolute Gasteiger partial charge is 0.398 e. The third kappa shape index (κ3) is 4.05. The van der Waals surface area contributed by atoms with E-state index in [9.17, 15) is 4.79 Å². The molecule has 0 saturated carbocycles. The van der Waals surface area contributed by atoms with Crippen LogP contribution >= 0.6 is 23.4 Å². The Bertz CT molecular complexity index is 467. The third-order valence-electron chi connectivity index (χ3n) is 3.34. The van der Waals surface area contributed by atoms with Gasteiger partial charge in [-0.15, -0.1) is 11.8 Å². The monoisotopic (exact) mass is 298 g/mol. The molecule has 19 heavy (non-hydrogen) atoms. The Morgan fingerprint density at radius 2 is 2.37 bits per heavy atom. The molecule has 0 spiro atoms. The van der Waals surface area contributed by atoms with Crippen molar-refractivity contribution in [2.24, 2.45) is 5.92 Å². The van der Waals surface area contributed by atoms with Gasteiger partial charge in [-0.05, 0) is 37.0 Å². The van der Waals surface area contributed by atoms with Gasteiger partial charge in [-0.1, -0.05) is 18.5 Å². The number of anilines is 1. The van der Waals surface area contributed by atoms with E-state index >= 15 is 0 Å². The highest BCUT2D eigenvalue weighted by Crippen LogP contribution is 2.27. The molecule has 1 fully saturated rings. The number of thioether (sulfide) groups is 1. The number of piperidine rings is 1. The summed E-state index contributed by atoms with van der Waals surface area (Å²) < 4.78 is 0. The molecule has 104 valence electrons. The molecule has 1 atom stereocenters. The average Bonchev–Trinajstić information content (AvgIpc) is 2.40. The minimum absolute atomic E-state index is 0.212. The molecule has 1 aromatic carbocycles. The molecule has 1 unspecified atom stereocenters. The van der Waals surface area contributed by atoms with Gasteiger partial charge in [0.05, 0.1) is 16.5 Å². The first-order chi connectivity index (χ1) is 9.06. The summed E-state index contributed by atoms with van der Waals surface area (Å²) in [6.07, 6.45) is 2.34. The van der Waals surface area contributed by atoms with Crippen LogP contribution in [0, 0.1) is 5.92 Å². The van der Waals surface area contributed by atoms with Crippen LogP contribution < -0.4 is 5.73 Å². The molecule has 1 heterocycles. The van der Waals surface area contributed by atoms with Crippen molar-refractivity contribution in [3.63, 3.8) is 0 Å². The maximum absolute atomic E-state index is 12.1. The molecular weight excluding hydrogens is 280 g/mol. The fourth-order valence-corrected chi connectivity index (χ4v) is 3.33. The lowest BCUT2D eigenvalue weighted by Crippen LogP contribution is -2.40. The number of hydrogen-bond acceptors (Lipinski definition) is 3. The molecule has 0 bridgehead atoms. The fraction of sp³-hybridized carbons (Fsp3) is 0.500. The van der Waals surface area contributed by atoms with Crippen molar-refractivity contribution in [1.29, 1.82) is 0 Å². The maximum Gasteiger partial charge on any atom is 0.232 e. The molecule has 1 aliphatic heterocycles. The van der Waals surface area contributed by atoms with Crippen molar-refractivity contribution in [1.82, 2.24) is 4.90 Å². The summed E-state index contributed by atoms with van der Waals surface area (Å²) in [4.78, 5) is 15.1. The molecule has 1 amide bonds. The van der Waals surface area contributed by atoms with Crippen LogP contribution in [0.2, 0.25) is 5.02 Å². The first-order valence-electron chi connectivity index (χ1n) is 6.52. The van der Waals surface area contributed by atoms with Gasteiger partial charge in [-0.25, -0.2) is 0 Å². The van der Waals surface area contributed by atoms with Gasteiger partial charge in [0.1, 0.15) is 0 Å². The standard InChI is InChI=1S/C14H19ClN2OS/c1-10-3-2-6-17(8-10)14(18)9-19-11-4-5-13(16)12(15)7-11/h4-5,7,10H,2-3,6,8-9,16H2,1H3. The zero-order valence-electron chi connectivity index (χ0n) is 11.1. The number of rotatable bonds is 3. The molecule has 1 aromatic rings. The van der Waals surface area contributed by atoms with Crippen molar-refractivity contribution < 1.29 is 4.79 Å². The van der Waals surface area contributed by atoms with Crippen LogP contribution in [-0.2, 0) is 4.79 Å². The van der Waals surface area contributed by atoms with Gasteiger partial charge < -0.3 is 10.6 Å². The molecular formula is C14H19ClN2OS. The highest BCUT2D eigenvalue weighted by Gasteiger charge is 2.20. The summed E-state index contributed by atoms with van der Waals surface area (Å²) in [5, 5.41) is 0.545. The van der Waals surface area contributed by atoms with Gasteiger partial charge in [0.25, 0.3) is 0 Å². The Balaban J connectivity index is 1.87. The molecule has 3 nitrogen and oxygen atoms in total. The van der Waals surface area contributed by atoms with E-state index < -0.39 is 0 Å². The molecule has 2 rings (SSSR count). The van der Waals surface area contributed by atoms with E-state index in [1.807, 2.05) is 17.0 Å². The highest BCUT2D eigenvalue weighted by molar-refractivity contribution is 8.00. The van der Waals surface area contributed by atoms with E-state index in [1.165, 1.54) is 18.2 Å². The van der Waals surface area contributed by atoms with Crippen LogP contribution in [0.4, 0.5) is 5.69 Å². The zero-order valence-corrected chi connectivity index (χ0v) is 12.6. The van der Waals surface area contributed by atoms with Gasteiger partial charge in [0.2, 0.25) is 5.91 Å². The van der Waals surface area contributed by atoms with Crippen molar-refractivity contribution in [2.45, 2.75) is 24.7 Å². The van der Waals surface area contributed by atoms with Crippen LogP contribution in [0.3, 0.4) is 0 Å². The van der Waals surface area contributed by atoms with Gasteiger partial charge in [-0.2, -0.15) is 0 Å². The number of halogens is 1. The number of nitrogens with zero attached hydrogens (tertiary/aromatic N) is 1. The number of likely N-dealkylation sites (tertiary alicyclic amines) is 1. The third-order valence-corrected chi connectivity index (χ3v) is 4.65. The fourth-order valence-electron chi connectivity index (χ4n) is 2.25. The second-order valence-electron chi connectivity index (χ2n) is 5.06. The summed E-state index contributed by atoms with van der Waals surface area (Å²) in [5.41, 5.74) is 6.23. The van der Waals surface area contributed by atoms with Crippen molar-refractivity contribution in [2.75, 3.05) is 24.6 Å². The number of carbonyl (C=O) groups is 1. The van der Waals surface area contributed by atoms with Gasteiger partial charge in [-0.3, -0.25) is 4.79 Å². The van der Waals surface area contributed by atoms with Crippen LogP contribution in [0.25, 0.3) is 0 Å². The van der Waals surface area contributed by atoms with Crippen molar-refractivity contribution in [3.05, 3.63) is 23.2 Å². The predicted molar refractivity (Wildman–Crippen MR) is 81.6 cm³/mol. The number of benzene rings is 1. The van der Waals surface area contributed by atoms with Crippen molar-refractivity contribution in [3.8, 4) is 0 Å². The van der Waals surface area contributed by atoms with E-state index in [0.717, 1.165) is 24.4 Å². The average molecular weight is 299 g/mol. The van der Waals surface area contributed by atoms with E-state index in [2.05, 4.69) is 6.92 Å². The number of hydrogen-bond donors (Lipinski definition) is 1. The Kier molecular flexibility index (Phi) is 4.99. The minimum Gasteiger partial charge on any atom is -0.398 e. The van der Waals surface area contributed by atoms with E-state index in [4.69, 9.17) is 17.3 Å². The molecule has 1 aliphatic rings. The zero-order chi connectivity index (χ0) is 13.8. The van der Waals surface area contributed by atoms with Gasteiger partial charge in [0.15, 0.2) is 0 Å². The lowest BCUT2D eigenvalue weighted by molar-refractivity contribution is -0.130. The van der Waals surface area contributed by atoms with Crippen LogP contribution in [0.1, 0.15) is 19.8 Å². The first-order valence-corrected chi connectivity index (χ1v) is 7.88. The Morgan fingerprint density at radius 1 is 1.58 bits per heavy atom. The second kappa shape index (κ2) is 6.53. The SMILES string of the molecule is CC1CCCN(C(=O)CSc2ccc(N)c(Cl)c2)C1. The molecule has 0 aliphatic carbocycles. The van der Waals surface area contributed by atoms with Crippen LogP contribution in [-0.4, -0.2) is 29.6 Å². The summed E-state index contributed by atoms with van der Waals surface area (Å²) in [6, 6.07) is 5.49. The summed E-state index contributed by atoms with van der Waals surface area (Å²) in [7, 11) is 0. The summed E-state index contributed by atoms with van der Waals surface area (Å²) in [5.74, 6) is 1.30. The number of nitrogens with two attached hydrogens (primary N) is 1. The smallest absolute Gasteiger partial charge is 0.232 e. The van der Waals surface area contributed by atoms with E-state index in [0.29, 0.717) is 22.4 Å². The van der Waals surface area contributed by atoms with E-state index in [-0.39, 0.29) is 5.91 Å². The summed E-state index contributed by atoms with van der Waals surface area (Å²) >= 11 is 7.48. The molecule has 2 N–H and O–H groups in total. The quantitative estimate of drug-likeness (QED) is 0.688. The number of amides is 1. The highest BCUT2D eigenvalue weighted by atomic mass is 35.5. The lowest BCUT2D eigenvalue weighted by Gasteiger charge is -2.30. The summed E-state index contributed by atoms with van der Waals surface area (Å²) in [6.45, 7) is 3.99. The molecule has 0 aromatic heterocycles. The normalized spacial score (nSPS) is 19.5. The molecule has 0 radical (unpaired) electrons. The second-order valence-corrected chi connectivity index (χ2v) is 6.52. The first kappa shape index (κ1) is 14.5. The predicted octanol–water partition coefficient (Wildman–Crippen LogP) is 3.27. The van der Waals surface area contributed by atoms with Crippen molar-refractivity contribution >= 4 is 35.0 Å². The van der Waals surface area contributed by atoms with Crippen LogP contribution in [0.5, 0.6) is 0 Å². The van der Waals surface area contributed by atoms with Crippen LogP contribution in [0.15, 0.2) is 23.1 Å². The van der Waals surface area contributed by atoms with E-state index in [1.54, 1.807) is 6.07 Å². The Morgan fingerprint density at radius 3 is 3.05 bits per heavy atom. The maximum atomic E-state index is 12.1. The topological polar surface area (TPSA) is 46.3 Å². The van der Waals surface area contributed by atoms with Gasteiger partial charge >= 0.3 is 0 Å². The number of carbonyl (C=O) groups excluding carboxylic acids is 1. The minimum atomic E-state index is 0.212. The van der Waals surface area contributed by atoms with Gasteiger partial charge in [0, 0.05) is 18.0 Å². The lowest BCUT2D eigenvalue weighted by atomic mass is 10.0. The molecule has 1 saturated heterocycles. The molecule has 5 heteroatoms. The Hall–Kier alpha value is -0.870. The Labute approximate surface area is 123 Å².